The third-order valence-corrected chi connectivity index (χ3v) is 11.6. The van der Waals surface area contributed by atoms with E-state index in [-0.39, 0.29) is 40.1 Å². The number of alkyl halides is 1. The Hall–Kier alpha value is -6.39. The lowest BCUT2D eigenvalue weighted by atomic mass is 9.81. The maximum Gasteiger partial charge on any atom is 0.308 e. The lowest BCUT2D eigenvalue weighted by Gasteiger charge is -2.24. The third kappa shape index (κ3) is 16.4. The lowest BCUT2D eigenvalue weighted by Crippen LogP contribution is -2.16. The van der Waals surface area contributed by atoms with E-state index in [0.717, 1.165) is 44.5 Å². The van der Waals surface area contributed by atoms with E-state index in [1.165, 1.54) is 12.1 Å². The quantitative estimate of drug-likeness (QED) is 0.0773. The van der Waals surface area contributed by atoms with Gasteiger partial charge in [0.1, 0.15) is 41.2 Å². The summed E-state index contributed by atoms with van der Waals surface area (Å²) >= 11 is 5.93. The summed E-state index contributed by atoms with van der Waals surface area (Å²) in [5, 5.41) is 18.2. The largest absolute Gasteiger partial charge is 0.508 e. The SMILES string of the molecule is CCOC(=O)[C@H](C)Cc1ccc(O)cc1.COc1ccc(F)c(-c2cc(CCl)ccc2C(C)(C)C)c1.COc1ccc(F)c(-c2cc(COc3ccc(C[C@@H](C)C(=O)O)cc3)ccc2C(C)(C)C)c1. The minimum absolute atomic E-state index is 0.0876. The fourth-order valence-corrected chi connectivity index (χ4v) is 7.63. The molecular weight excluding hydrogens is 898 g/mol. The Balaban J connectivity index is 0.000000246. The van der Waals surface area contributed by atoms with Crippen molar-refractivity contribution in [1.82, 2.24) is 0 Å². The van der Waals surface area contributed by atoms with Gasteiger partial charge in [0.2, 0.25) is 0 Å². The maximum absolute atomic E-state index is 14.8. The van der Waals surface area contributed by atoms with Crippen molar-refractivity contribution in [2.45, 2.75) is 98.5 Å². The van der Waals surface area contributed by atoms with E-state index < -0.39 is 11.9 Å². The third-order valence-electron chi connectivity index (χ3n) is 11.3. The molecule has 0 bridgehead atoms. The highest BCUT2D eigenvalue weighted by Crippen LogP contribution is 2.38. The van der Waals surface area contributed by atoms with Crippen LogP contribution < -0.4 is 14.2 Å². The van der Waals surface area contributed by atoms with Gasteiger partial charge < -0.3 is 29.2 Å². The molecule has 6 rings (SSSR count). The van der Waals surface area contributed by atoms with E-state index in [1.807, 2.05) is 79.7 Å². The van der Waals surface area contributed by atoms with Crippen LogP contribution in [0.4, 0.5) is 8.78 Å². The molecule has 0 radical (unpaired) electrons. The normalized spacial score (nSPS) is 12.0. The number of carbonyl (C=O) groups excluding carboxylic acids is 1. The lowest BCUT2D eigenvalue weighted by molar-refractivity contribution is -0.147. The first kappa shape index (κ1) is 55.2. The van der Waals surface area contributed by atoms with Gasteiger partial charge in [-0.1, -0.05) is 104 Å². The van der Waals surface area contributed by atoms with Gasteiger partial charge >= 0.3 is 11.9 Å². The fraction of sp³-hybridized carbons (Fsp3) is 0.345. The number of carboxylic acids is 1. The molecule has 6 aromatic rings. The van der Waals surface area contributed by atoms with Crippen molar-refractivity contribution in [2.75, 3.05) is 20.8 Å². The summed E-state index contributed by atoms with van der Waals surface area (Å²) in [6.45, 7) is 18.7. The van der Waals surface area contributed by atoms with Crippen LogP contribution in [0.1, 0.15) is 95.7 Å². The Morgan fingerprint density at radius 2 is 1.00 bits per heavy atom. The average Bonchev–Trinajstić information content (AvgIpc) is 3.32. The van der Waals surface area contributed by atoms with Crippen LogP contribution in [0, 0.1) is 23.5 Å². The summed E-state index contributed by atoms with van der Waals surface area (Å²) in [6.07, 6.45) is 1.11. The minimum Gasteiger partial charge on any atom is -0.508 e. The Kier molecular flexibility index (Phi) is 20.2. The standard InChI is InChI=1S/C28H31FO4.C18H20ClFO.C12H16O3/c1-18(27(30)31)14-19-6-9-21(10-7-19)33-17-20-8-12-25(28(2,3)4)23(15-20)24-16-22(32-5)11-13-26(24)29;1-18(2,3)16-7-5-12(11-19)9-14(16)15-10-13(21-4)6-8-17(15)20;1-3-15-12(14)9(2)8-10-4-6-11(13)7-5-10/h6-13,15-16,18H,14,17H2,1-5H3,(H,30,31);5-10H,11H2,1-4H3;4-7,9,13H,3,8H2,1-2H3/t18-;;9-/m1.1/s1. The molecule has 0 amide bonds. The number of carboxylic acid groups (broad SMARTS) is 1. The van der Waals surface area contributed by atoms with Crippen molar-refractivity contribution in [3.63, 3.8) is 0 Å². The number of aromatic hydroxyl groups is 1. The first-order valence-electron chi connectivity index (χ1n) is 23.0. The van der Waals surface area contributed by atoms with E-state index in [4.69, 9.17) is 40.8 Å². The molecule has 0 saturated heterocycles. The highest BCUT2D eigenvalue weighted by atomic mass is 35.5. The molecule has 0 aliphatic carbocycles. The fourth-order valence-electron chi connectivity index (χ4n) is 7.47. The molecule has 8 nitrogen and oxygen atoms in total. The number of hydrogen-bond donors (Lipinski definition) is 2. The zero-order valence-electron chi connectivity index (χ0n) is 41.7. The van der Waals surface area contributed by atoms with Crippen LogP contribution in [0.15, 0.2) is 121 Å². The van der Waals surface area contributed by atoms with Gasteiger partial charge in [-0.2, -0.15) is 0 Å². The summed E-state index contributed by atoms with van der Waals surface area (Å²) < 4.78 is 50.5. The molecule has 11 heteroatoms. The van der Waals surface area contributed by atoms with Gasteiger partial charge in [0, 0.05) is 17.0 Å². The number of hydrogen-bond acceptors (Lipinski definition) is 7. The molecule has 0 aliphatic rings. The molecule has 2 atom stereocenters. The van der Waals surface area contributed by atoms with Crippen LogP contribution in [-0.2, 0) is 50.5 Å². The van der Waals surface area contributed by atoms with Crippen molar-refractivity contribution in [3.05, 3.63) is 166 Å². The van der Waals surface area contributed by atoms with Gasteiger partial charge in [-0.3, -0.25) is 9.59 Å². The van der Waals surface area contributed by atoms with Crippen LogP contribution in [0.25, 0.3) is 22.3 Å². The maximum atomic E-state index is 14.8. The van der Waals surface area contributed by atoms with Gasteiger partial charge in [0.05, 0.1) is 32.7 Å². The van der Waals surface area contributed by atoms with E-state index in [1.54, 1.807) is 64.5 Å². The van der Waals surface area contributed by atoms with Crippen LogP contribution >= 0.6 is 11.6 Å². The molecule has 368 valence electrons. The minimum atomic E-state index is -0.808. The van der Waals surface area contributed by atoms with Gasteiger partial charge in [-0.05, 0) is 148 Å². The van der Waals surface area contributed by atoms with Crippen molar-refractivity contribution >= 4 is 23.5 Å². The average molecular weight is 966 g/mol. The van der Waals surface area contributed by atoms with Crippen LogP contribution in [-0.4, -0.2) is 43.0 Å². The Morgan fingerprint density at radius 3 is 1.43 bits per heavy atom. The smallest absolute Gasteiger partial charge is 0.308 e. The predicted molar refractivity (Wildman–Crippen MR) is 273 cm³/mol. The second-order valence-electron chi connectivity index (χ2n) is 19.0. The number of benzene rings is 6. The number of carbonyl (C=O) groups is 2. The number of ether oxygens (including phenoxy) is 4. The summed E-state index contributed by atoms with van der Waals surface area (Å²) in [5.74, 6) is 0.457. The number of halogens is 3. The molecule has 0 aliphatic heterocycles. The van der Waals surface area contributed by atoms with Crippen molar-refractivity contribution < 1.29 is 47.5 Å². The van der Waals surface area contributed by atoms with Crippen LogP contribution in [0.2, 0.25) is 0 Å². The number of aliphatic carboxylic acids is 1. The van der Waals surface area contributed by atoms with Crippen molar-refractivity contribution in [3.8, 4) is 45.3 Å². The van der Waals surface area contributed by atoms with Gasteiger partial charge in [0.15, 0.2) is 0 Å². The number of phenolic OH excluding ortho intramolecular Hbond substituents is 1. The first-order chi connectivity index (χ1) is 32.6. The highest BCUT2D eigenvalue weighted by molar-refractivity contribution is 6.17. The van der Waals surface area contributed by atoms with Gasteiger partial charge in [0.25, 0.3) is 0 Å². The second-order valence-corrected chi connectivity index (χ2v) is 19.3. The van der Waals surface area contributed by atoms with E-state index >= 15 is 0 Å². The molecule has 0 spiro atoms. The number of phenols is 1. The monoisotopic (exact) mass is 964 g/mol. The Morgan fingerprint density at radius 1 is 0.580 bits per heavy atom. The van der Waals surface area contributed by atoms with Crippen LogP contribution in [0.5, 0.6) is 23.0 Å². The summed E-state index contributed by atoms with van der Waals surface area (Å²) in [7, 11) is 3.15. The van der Waals surface area contributed by atoms with E-state index in [2.05, 4.69) is 41.5 Å². The molecule has 2 N–H and O–H groups in total. The molecule has 0 fully saturated rings. The van der Waals surface area contributed by atoms with Gasteiger partial charge in [-0.15, -0.1) is 11.6 Å². The molecular formula is C58H67ClF2O8. The number of methoxy groups -OCH3 is 2. The predicted octanol–water partition coefficient (Wildman–Crippen LogP) is 14.3. The number of esters is 1. The highest BCUT2D eigenvalue weighted by Gasteiger charge is 2.23. The molecule has 0 heterocycles. The summed E-state index contributed by atoms with van der Waals surface area (Å²) in [5.41, 5.74) is 8.46. The molecule has 0 aromatic heterocycles. The summed E-state index contributed by atoms with van der Waals surface area (Å²) in [4.78, 5) is 22.4. The van der Waals surface area contributed by atoms with E-state index in [0.29, 0.717) is 60.3 Å². The first-order valence-corrected chi connectivity index (χ1v) is 23.5. The van der Waals surface area contributed by atoms with Crippen molar-refractivity contribution in [1.29, 1.82) is 0 Å². The topological polar surface area (TPSA) is 112 Å². The van der Waals surface area contributed by atoms with E-state index in [9.17, 15) is 18.4 Å². The Bertz CT molecular complexity index is 2610. The molecule has 0 saturated carbocycles. The van der Waals surface area contributed by atoms with Crippen molar-refractivity contribution in [2.24, 2.45) is 11.8 Å². The molecule has 0 unspecified atom stereocenters. The number of rotatable bonds is 15. The zero-order chi connectivity index (χ0) is 51.1. The second kappa shape index (κ2) is 25.3. The molecule has 6 aromatic carbocycles. The van der Waals surface area contributed by atoms with Crippen LogP contribution in [0.3, 0.4) is 0 Å². The molecule has 69 heavy (non-hydrogen) atoms. The zero-order valence-corrected chi connectivity index (χ0v) is 42.5. The van der Waals surface area contributed by atoms with Gasteiger partial charge in [-0.25, -0.2) is 8.78 Å². The summed E-state index contributed by atoms with van der Waals surface area (Å²) in [6, 6.07) is 35.9. The Labute approximate surface area is 412 Å².